The van der Waals surface area contributed by atoms with Crippen LogP contribution in [-0.2, 0) is 32.0 Å². The minimum Gasteiger partial charge on any atom is -0.490 e. The van der Waals surface area contributed by atoms with Gasteiger partial charge in [-0.2, -0.15) is 8.42 Å². The van der Waals surface area contributed by atoms with Crippen molar-refractivity contribution in [3.8, 4) is 5.75 Å². The summed E-state index contributed by atoms with van der Waals surface area (Å²) in [7, 11) is -2.25. The number of ether oxygens (including phenoxy) is 3. The van der Waals surface area contributed by atoms with E-state index in [1.165, 1.54) is 18.5 Å². The molecule has 44 heavy (non-hydrogen) atoms. The Hall–Kier alpha value is -3.80. The summed E-state index contributed by atoms with van der Waals surface area (Å²) in [5, 5.41) is 4.24. The molecule has 0 fully saturated rings. The first kappa shape index (κ1) is 31.6. The lowest BCUT2D eigenvalue weighted by Crippen LogP contribution is -2.26. The fraction of sp³-hybridized carbons (Fsp3) is 0.303. The van der Waals surface area contributed by atoms with E-state index in [1.807, 2.05) is 56.3 Å². The van der Waals surface area contributed by atoms with Gasteiger partial charge in [-0.15, -0.1) is 0 Å². The minimum atomic E-state index is -2.25. The highest BCUT2D eigenvalue weighted by molar-refractivity contribution is 9.10. The number of anilines is 2. The van der Waals surface area contributed by atoms with Crippen LogP contribution in [0.5, 0.6) is 5.75 Å². The van der Waals surface area contributed by atoms with E-state index in [-0.39, 0.29) is 24.9 Å². The fourth-order valence-corrected chi connectivity index (χ4v) is 6.11. The highest BCUT2D eigenvalue weighted by Gasteiger charge is 2.35. The van der Waals surface area contributed by atoms with Crippen LogP contribution in [-0.4, -0.2) is 36.5 Å². The van der Waals surface area contributed by atoms with Gasteiger partial charge in [-0.3, -0.25) is 0 Å². The number of hydrogen-bond donors (Lipinski definition) is 1. The van der Waals surface area contributed by atoms with Crippen molar-refractivity contribution in [3.63, 3.8) is 0 Å². The lowest BCUT2D eigenvalue weighted by atomic mass is 9.86. The molecular formula is C33H33BrFN3O5S. The van der Waals surface area contributed by atoms with Gasteiger partial charge in [0.2, 0.25) is 10.3 Å². The first-order valence-electron chi connectivity index (χ1n) is 14.3. The molecule has 3 aromatic carbocycles. The molecule has 1 aromatic heterocycles. The number of aromatic nitrogens is 2. The molecule has 1 aliphatic heterocycles. The molecule has 1 unspecified atom stereocenters. The third kappa shape index (κ3) is 7.64. The van der Waals surface area contributed by atoms with E-state index in [9.17, 15) is 12.8 Å². The van der Waals surface area contributed by atoms with Crippen LogP contribution in [0.25, 0.3) is 10.9 Å². The van der Waals surface area contributed by atoms with Gasteiger partial charge in [0.1, 0.15) is 35.9 Å². The lowest BCUT2D eigenvalue weighted by molar-refractivity contribution is 0.0223. The molecule has 0 amide bonds. The van der Waals surface area contributed by atoms with E-state index in [4.69, 9.17) is 14.2 Å². The Morgan fingerprint density at radius 3 is 2.73 bits per heavy atom. The molecule has 11 heteroatoms. The van der Waals surface area contributed by atoms with Crippen LogP contribution < -0.4 is 10.1 Å². The van der Waals surface area contributed by atoms with Crippen molar-refractivity contribution in [2.24, 2.45) is 5.92 Å². The van der Waals surface area contributed by atoms with Crippen LogP contribution in [0.2, 0.25) is 0 Å². The molecular weight excluding hydrogens is 649 g/mol. The maximum absolute atomic E-state index is 13.5. The van der Waals surface area contributed by atoms with Gasteiger partial charge in [-0.05, 0) is 94.4 Å². The van der Waals surface area contributed by atoms with Gasteiger partial charge in [0.25, 0.3) is 0 Å². The van der Waals surface area contributed by atoms with Crippen molar-refractivity contribution in [2.75, 3.05) is 18.5 Å². The molecule has 1 aliphatic rings. The number of hydrogen-bond acceptors (Lipinski definition) is 8. The second kappa shape index (κ2) is 14.3. The van der Waals surface area contributed by atoms with Gasteiger partial charge < -0.3 is 19.5 Å². The molecule has 5 rings (SSSR count). The van der Waals surface area contributed by atoms with E-state index < -0.39 is 15.9 Å². The average molecular weight is 683 g/mol. The summed E-state index contributed by atoms with van der Waals surface area (Å²) in [5.41, 5.74) is 2.74. The zero-order valence-electron chi connectivity index (χ0n) is 24.4. The molecule has 0 spiro atoms. The molecule has 0 aliphatic carbocycles. The van der Waals surface area contributed by atoms with Crippen LogP contribution in [0.4, 0.5) is 15.9 Å². The number of benzene rings is 3. The standard InChI is InChI=1S/C33H33BrFN3O5S/c1-22(2)31(44(39)40)20-41-14-4-12-33(13-5-15-43-33)24-8-10-29-27(17-24)32(37-21-36-29)38-26-9-11-30(28(34)18-26)42-19-23-6-3-7-25(35)16-23/h3,5-11,15-18,21-22H,4,12-14,19-20H2,1-2H3,(H,36,37,38). The van der Waals surface area contributed by atoms with Crippen LogP contribution >= 0.6 is 15.9 Å². The van der Waals surface area contributed by atoms with Crippen LogP contribution in [0, 0.1) is 11.7 Å². The van der Waals surface area contributed by atoms with Gasteiger partial charge >= 0.3 is 0 Å². The molecule has 4 aromatic rings. The van der Waals surface area contributed by atoms with Crippen molar-refractivity contribution < 1.29 is 27.0 Å². The monoisotopic (exact) mass is 681 g/mol. The Morgan fingerprint density at radius 2 is 2.00 bits per heavy atom. The van der Waals surface area contributed by atoms with Crippen LogP contribution in [0.1, 0.15) is 44.2 Å². The predicted molar refractivity (Wildman–Crippen MR) is 173 cm³/mol. The van der Waals surface area contributed by atoms with Gasteiger partial charge in [0, 0.05) is 24.1 Å². The topological polar surface area (TPSA) is 99.6 Å². The van der Waals surface area contributed by atoms with Crippen LogP contribution in [0.15, 0.2) is 83.8 Å². The predicted octanol–water partition coefficient (Wildman–Crippen LogP) is 7.49. The smallest absolute Gasteiger partial charge is 0.215 e. The summed E-state index contributed by atoms with van der Waals surface area (Å²) in [4.78, 5) is 9.35. The third-order valence-corrected chi connectivity index (χ3v) is 9.09. The molecule has 1 atom stereocenters. The molecule has 8 nitrogen and oxygen atoms in total. The zero-order chi connectivity index (χ0) is 31.1. The Labute approximate surface area is 266 Å². The summed E-state index contributed by atoms with van der Waals surface area (Å²) in [5.74, 6) is 0.880. The minimum absolute atomic E-state index is 0.0937. The Kier molecular flexibility index (Phi) is 10.3. The molecule has 0 radical (unpaired) electrons. The lowest BCUT2D eigenvalue weighted by Gasteiger charge is -2.30. The van der Waals surface area contributed by atoms with Gasteiger partial charge in [0.15, 0.2) is 0 Å². The fourth-order valence-electron chi connectivity index (χ4n) is 5.06. The van der Waals surface area contributed by atoms with E-state index in [0.717, 1.165) is 32.2 Å². The second-order valence-electron chi connectivity index (χ2n) is 10.8. The quantitative estimate of drug-likeness (QED) is 0.114. The van der Waals surface area contributed by atoms with Gasteiger partial charge in [-0.25, -0.2) is 14.4 Å². The summed E-state index contributed by atoms with van der Waals surface area (Å²) < 4.78 is 54.9. The van der Waals surface area contributed by atoms with E-state index >= 15 is 0 Å². The highest BCUT2D eigenvalue weighted by atomic mass is 79.9. The number of rotatable bonds is 13. The van der Waals surface area contributed by atoms with Crippen molar-refractivity contribution in [1.82, 2.24) is 9.97 Å². The molecule has 0 saturated heterocycles. The number of halogens is 2. The van der Waals surface area contributed by atoms with Gasteiger partial charge in [-0.1, -0.05) is 32.0 Å². The molecule has 230 valence electrons. The molecule has 2 heterocycles. The highest BCUT2D eigenvalue weighted by Crippen LogP contribution is 2.41. The number of fused-ring (bicyclic) bond motifs is 1. The Bertz CT molecular complexity index is 1800. The third-order valence-electron chi connectivity index (χ3n) is 7.45. The summed E-state index contributed by atoms with van der Waals surface area (Å²) in [6.45, 7) is 4.43. The number of nitrogens with zero attached hydrogens (tertiary/aromatic N) is 2. The van der Waals surface area contributed by atoms with Crippen molar-refractivity contribution in [1.29, 1.82) is 0 Å². The molecule has 1 N–H and O–H groups in total. The summed E-state index contributed by atoms with van der Waals surface area (Å²) in [6.07, 6.45) is 7.33. The maximum atomic E-state index is 13.5. The van der Waals surface area contributed by atoms with E-state index in [2.05, 4.69) is 37.3 Å². The van der Waals surface area contributed by atoms with Gasteiger partial charge in [0.05, 0.1) is 27.7 Å². The molecule has 0 saturated carbocycles. The first-order chi connectivity index (χ1) is 21.2. The maximum Gasteiger partial charge on any atom is 0.215 e. The van der Waals surface area contributed by atoms with Crippen molar-refractivity contribution >= 4 is 53.5 Å². The Balaban J connectivity index is 1.29. The van der Waals surface area contributed by atoms with E-state index in [0.29, 0.717) is 42.3 Å². The average Bonchev–Trinajstić information content (AvgIpc) is 3.48. The summed E-state index contributed by atoms with van der Waals surface area (Å²) in [6, 6.07) is 18.0. The first-order valence-corrected chi connectivity index (χ1v) is 16.2. The zero-order valence-corrected chi connectivity index (χ0v) is 26.8. The summed E-state index contributed by atoms with van der Waals surface area (Å²) >= 11 is 3.58. The van der Waals surface area contributed by atoms with E-state index in [1.54, 1.807) is 12.3 Å². The normalized spacial score (nSPS) is 15.8. The van der Waals surface area contributed by atoms with Crippen molar-refractivity contribution in [3.05, 3.63) is 101 Å². The Morgan fingerprint density at radius 1 is 1.14 bits per heavy atom. The van der Waals surface area contributed by atoms with Crippen LogP contribution in [0.3, 0.4) is 0 Å². The second-order valence-corrected chi connectivity index (χ2v) is 12.7. The number of nitrogens with one attached hydrogen (secondary N) is 1. The van der Waals surface area contributed by atoms with Crippen molar-refractivity contribution in [2.45, 2.75) is 45.3 Å². The largest absolute Gasteiger partial charge is 0.490 e. The SMILES string of the molecule is CC(C)C(COCCCC1(c2ccc3ncnc(Nc4ccc(OCc5cccc(F)c5)c(Br)c4)c3c2)CC=CO1)=S(=O)=O. The molecule has 0 bridgehead atoms.